The minimum absolute atomic E-state index is 0.122. The fraction of sp³-hybridized carbons (Fsp3) is 0.333. The van der Waals surface area contributed by atoms with Crippen LogP contribution in [0.3, 0.4) is 0 Å². The van der Waals surface area contributed by atoms with Crippen molar-refractivity contribution in [2.75, 3.05) is 0 Å². The fourth-order valence-electron chi connectivity index (χ4n) is 1.47. The van der Waals surface area contributed by atoms with E-state index >= 15 is 0 Å². The number of nitrogens with one attached hydrogen (secondary N) is 1. The van der Waals surface area contributed by atoms with Crippen molar-refractivity contribution in [1.82, 2.24) is 5.43 Å². The summed E-state index contributed by atoms with van der Waals surface area (Å²) in [6.07, 6.45) is 1.85. The van der Waals surface area contributed by atoms with Crippen molar-refractivity contribution in [2.24, 2.45) is 5.84 Å². The second kappa shape index (κ2) is 6.74. The van der Waals surface area contributed by atoms with Gasteiger partial charge in [-0.1, -0.05) is 35.0 Å². The lowest BCUT2D eigenvalue weighted by Gasteiger charge is -2.19. The van der Waals surface area contributed by atoms with Crippen molar-refractivity contribution < 1.29 is 0 Å². The first-order chi connectivity index (χ1) is 7.58. The standard InChI is InChI=1S/C12H16BrIN2/c1-3-8(2)6-12(16-15)10-7-9(14)4-5-11(10)13/h4-5,7,12,16H,2-3,6,15H2,1H3. The van der Waals surface area contributed by atoms with Crippen molar-refractivity contribution >= 4 is 38.5 Å². The number of nitrogens with two attached hydrogens (primary N) is 1. The molecule has 0 radical (unpaired) electrons. The monoisotopic (exact) mass is 394 g/mol. The van der Waals surface area contributed by atoms with Crippen LogP contribution in [0.15, 0.2) is 34.8 Å². The van der Waals surface area contributed by atoms with Crippen molar-refractivity contribution in [3.05, 3.63) is 44.0 Å². The van der Waals surface area contributed by atoms with Gasteiger partial charge in [0.2, 0.25) is 0 Å². The summed E-state index contributed by atoms with van der Waals surface area (Å²) in [5.74, 6) is 5.61. The number of benzene rings is 1. The molecule has 0 amide bonds. The van der Waals surface area contributed by atoms with Crippen molar-refractivity contribution in [2.45, 2.75) is 25.8 Å². The molecule has 4 heteroatoms. The van der Waals surface area contributed by atoms with E-state index in [9.17, 15) is 0 Å². The maximum absolute atomic E-state index is 5.61. The predicted octanol–water partition coefficient (Wildman–Crippen LogP) is 3.91. The van der Waals surface area contributed by atoms with Crippen LogP contribution >= 0.6 is 38.5 Å². The third-order valence-corrected chi connectivity index (χ3v) is 3.92. The molecule has 0 heterocycles. The topological polar surface area (TPSA) is 38.0 Å². The first kappa shape index (κ1) is 14.2. The molecule has 2 nitrogen and oxygen atoms in total. The van der Waals surface area contributed by atoms with Crippen LogP contribution in [-0.4, -0.2) is 0 Å². The van der Waals surface area contributed by atoms with Gasteiger partial charge in [-0.15, -0.1) is 0 Å². The average Bonchev–Trinajstić information content (AvgIpc) is 2.29. The number of hydrogen-bond acceptors (Lipinski definition) is 2. The SMILES string of the molecule is C=C(CC)CC(NN)c1cc(I)ccc1Br. The summed E-state index contributed by atoms with van der Waals surface area (Å²) in [5.41, 5.74) is 5.24. The van der Waals surface area contributed by atoms with E-state index in [2.05, 4.69) is 75.6 Å². The number of halogens is 2. The first-order valence-corrected chi connectivity index (χ1v) is 7.03. The second-order valence-electron chi connectivity index (χ2n) is 3.69. The van der Waals surface area contributed by atoms with Crippen LogP contribution in [0.5, 0.6) is 0 Å². The molecule has 0 aromatic heterocycles. The molecule has 16 heavy (non-hydrogen) atoms. The molecule has 0 aliphatic rings. The van der Waals surface area contributed by atoms with Gasteiger partial charge in [0.15, 0.2) is 0 Å². The smallest absolute Gasteiger partial charge is 0.0508 e. The Labute approximate surface area is 119 Å². The van der Waals surface area contributed by atoms with Crippen molar-refractivity contribution in [3.63, 3.8) is 0 Å². The third kappa shape index (κ3) is 3.84. The molecule has 1 atom stereocenters. The molecule has 0 aliphatic heterocycles. The molecule has 0 saturated heterocycles. The second-order valence-corrected chi connectivity index (χ2v) is 5.79. The van der Waals surface area contributed by atoms with Crippen LogP contribution in [0.2, 0.25) is 0 Å². The minimum Gasteiger partial charge on any atom is -0.271 e. The molecular weight excluding hydrogens is 379 g/mol. The molecule has 0 fully saturated rings. The van der Waals surface area contributed by atoms with Gasteiger partial charge in [-0.3, -0.25) is 11.3 Å². The molecule has 0 bridgehead atoms. The van der Waals surface area contributed by atoms with E-state index in [4.69, 9.17) is 5.84 Å². The zero-order chi connectivity index (χ0) is 12.1. The van der Waals surface area contributed by atoms with Gasteiger partial charge >= 0.3 is 0 Å². The summed E-state index contributed by atoms with van der Waals surface area (Å²) in [4.78, 5) is 0. The van der Waals surface area contributed by atoms with Gasteiger partial charge in [-0.25, -0.2) is 0 Å². The lowest BCUT2D eigenvalue weighted by molar-refractivity contribution is 0.542. The minimum atomic E-state index is 0.122. The van der Waals surface area contributed by atoms with Crippen LogP contribution in [0, 0.1) is 3.57 Å². The third-order valence-electron chi connectivity index (χ3n) is 2.53. The summed E-state index contributed by atoms with van der Waals surface area (Å²) in [6.45, 7) is 6.14. The summed E-state index contributed by atoms with van der Waals surface area (Å²) in [6, 6.07) is 6.38. The highest BCUT2D eigenvalue weighted by Gasteiger charge is 2.14. The van der Waals surface area contributed by atoms with Crippen LogP contribution in [0.4, 0.5) is 0 Å². The van der Waals surface area contributed by atoms with Crippen molar-refractivity contribution in [1.29, 1.82) is 0 Å². The highest BCUT2D eigenvalue weighted by Crippen LogP contribution is 2.29. The van der Waals surface area contributed by atoms with E-state index in [1.165, 1.54) is 14.7 Å². The zero-order valence-electron chi connectivity index (χ0n) is 9.26. The van der Waals surface area contributed by atoms with E-state index in [1.807, 2.05) is 0 Å². The van der Waals surface area contributed by atoms with Gasteiger partial charge in [-0.2, -0.15) is 0 Å². The number of hydrogen-bond donors (Lipinski definition) is 2. The normalized spacial score (nSPS) is 12.5. The van der Waals surface area contributed by atoms with Crippen molar-refractivity contribution in [3.8, 4) is 0 Å². The fourth-order valence-corrected chi connectivity index (χ4v) is 2.51. The lowest BCUT2D eigenvalue weighted by Crippen LogP contribution is -2.28. The Morgan fingerprint density at radius 2 is 2.31 bits per heavy atom. The Balaban J connectivity index is 2.94. The number of rotatable bonds is 5. The van der Waals surface area contributed by atoms with E-state index in [0.29, 0.717) is 0 Å². The van der Waals surface area contributed by atoms with Gasteiger partial charge < -0.3 is 0 Å². The highest BCUT2D eigenvalue weighted by molar-refractivity contribution is 14.1. The van der Waals surface area contributed by atoms with Gasteiger partial charge in [0, 0.05) is 8.04 Å². The van der Waals surface area contributed by atoms with Crippen LogP contribution in [0.25, 0.3) is 0 Å². The summed E-state index contributed by atoms with van der Waals surface area (Å²) >= 11 is 5.86. The van der Waals surface area contributed by atoms with E-state index in [0.717, 1.165) is 17.3 Å². The molecule has 1 rings (SSSR count). The van der Waals surface area contributed by atoms with Gasteiger partial charge in [-0.05, 0) is 59.2 Å². The summed E-state index contributed by atoms with van der Waals surface area (Å²) < 4.78 is 2.29. The molecule has 1 unspecified atom stereocenters. The first-order valence-electron chi connectivity index (χ1n) is 5.16. The molecule has 1 aromatic carbocycles. The summed E-state index contributed by atoms with van der Waals surface area (Å²) in [5, 5.41) is 0. The summed E-state index contributed by atoms with van der Waals surface area (Å²) in [7, 11) is 0. The highest BCUT2D eigenvalue weighted by atomic mass is 127. The average molecular weight is 395 g/mol. The molecule has 0 saturated carbocycles. The Bertz CT molecular complexity index is 379. The Hall–Kier alpha value is 0.0900. The van der Waals surface area contributed by atoms with Crippen LogP contribution in [-0.2, 0) is 0 Å². The van der Waals surface area contributed by atoms with Crippen LogP contribution < -0.4 is 11.3 Å². The maximum atomic E-state index is 5.61. The molecule has 3 N–H and O–H groups in total. The Morgan fingerprint density at radius 3 is 2.88 bits per heavy atom. The maximum Gasteiger partial charge on any atom is 0.0508 e. The van der Waals surface area contributed by atoms with E-state index < -0.39 is 0 Å². The number of hydrazine groups is 1. The Morgan fingerprint density at radius 1 is 1.62 bits per heavy atom. The quantitative estimate of drug-likeness (QED) is 0.344. The van der Waals surface area contributed by atoms with E-state index in [-0.39, 0.29) is 6.04 Å². The zero-order valence-corrected chi connectivity index (χ0v) is 13.0. The largest absolute Gasteiger partial charge is 0.271 e. The Kier molecular flexibility index (Phi) is 5.96. The van der Waals surface area contributed by atoms with Crippen LogP contribution in [0.1, 0.15) is 31.4 Å². The molecule has 1 aromatic rings. The molecule has 0 aliphatic carbocycles. The van der Waals surface area contributed by atoms with E-state index in [1.54, 1.807) is 0 Å². The molecular formula is C12H16BrIN2. The van der Waals surface area contributed by atoms with Gasteiger partial charge in [0.25, 0.3) is 0 Å². The van der Waals surface area contributed by atoms with Gasteiger partial charge in [0.1, 0.15) is 0 Å². The molecule has 0 spiro atoms. The molecule has 88 valence electrons. The predicted molar refractivity (Wildman–Crippen MR) is 81.0 cm³/mol. The lowest BCUT2D eigenvalue weighted by atomic mass is 9.99. The van der Waals surface area contributed by atoms with Gasteiger partial charge in [0.05, 0.1) is 6.04 Å².